The van der Waals surface area contributed by atoms with Gasteiger partial charge in [-0.2, -0.15) is 0 Å². The van der Waals surface area contributed by atoms with Crippen LogP contribution in [0.4, 0.5) is 0 Å². The van der Waals surface area contributed by atoms with Gasteiger partial charge >= 0.3 is 0 Å². The summed E-state index contributed by atoms with van der Waals surface area (Å²) in [6, 6.07) is 0.143. The number of carbonyl (C=O) groups excluding carboxylic acids is 1. The molecule has 0 bridgehead atoms. The van der Waals surface area contributed by atoms with Crippen molar-refractivity contribution >= 4 is 28.2 Å². The molecule has 0 heterocycles. The monoisotopic (exact) mass is 338 g/mol. The number of hydrogen-bond acceptors (Lipinski definition) is 4. The Morgan fingerprint density at radius 2 is 1.90 bits per heavy atom. The highest BCUT2D eigenvalue weighted by atomic mass is 35.5. The third-order valence-electron chi connectivity index (χ3n) is 4.40. The molecule has 0 aromatic heterocycles. The van der Waals surface area contributed by atoms with Crippen molar-refractivity contribution in [3.8, 4) is 0 Å². The van der Waals surface area contributed by atoms with Gasteiger partial charge in [0, 0.05) is 30.8 Å². The van der Waals surface area contributed by atoms with Gasteiger partial charge in [-0.05, 0) is 38.5 Å². The van der Waals surface area contributed by atoms with Gasteiger partial charge in [0.2, 0.25) is 5.91 Å². The van der Waals surface area contributed by atoms with Gasteiger partial charge in [-0.1, -0.05) is 6.42 Å². The molecule has 0 aliphatic heterocycles. The van der Waals surface area contributed by atoms with E-state index in [-0.39, 0.29) is 48.1 Å². The Morgan fingerprint density at radius 1 is 1.29 bits per heavy atom. The first kappa shape index (κ1) is 18.7. The predicted molar refractivity (Wildman–Crippen MR) is 86.2 cm³/mol. The molecule has 21 heavy (non-hydrogen) atoms. The molecule has 0 aromatic rings. The second-order valence-corrected chi connectivity index (χ2v) is 8.72. The molecule has 5 nitrogen and oxygen atoms in total. The van der Waals surface area contributed by atoms with Gasteiger partial charge in [-0.3, -0.25) is 4.79 Å². The molecule has 1 amide bonds. The van der Waals surface area contributed by atoms with Gasteiger partial charge in [-0.25, -0.2) is 8.42 Å². The minimum atomic E-state index is -3.06. The van der Waals surface area contributed by atoms with E-state index in [4.69, 9.17) is 5.73 Å². The van der Waals surface area contributed by atoms with Crippen LogP contribution in [0.15, 0.2) is 0 Å². The second-order valence-electron chi connectivity index (χ2n) is 6.53. The van der Waals surface area contributed by atoms with Crippen LogP contribution < -0.4 is 5.73 Å². The predicted octanol–water partition coefficient (Wildman–Crippen LogP) is 1.35. The summed E-state index contributed by atoms with van der Waals surface area (Å²) in [4.78, 5) is 14.3. The van der Waals surface area contributed by atoms with Gasteiger partial charge < -0.3 is 10.6 Å². The zero-order valence-corrected chi connectivity index (χ0v) is 14.5. The molecule has 0 spiro atoms. The average Bonchev–Trinajstić information content (AvgIpc) is 3.02. The lowest BCUT2D eigenvalue weighted by Gasteiger charge is -2.30. The van der Waals surface area contributed by atoms with E-state index < -0.39 is 9.84 Å². The molecule has 2 aliphatic carbocycles. The van der Waals surface area contributed by atoms with Crippen LogP contribution >= 0.6 is 12.4 Å². The lowest BCUT2D eigenvalue weighted by Crippen LogP contribution is -2.45. The molecule has 3 atom stereocenters. The molecule has 0 radical (unpaired) electrons. The van der Waals surface area contributed by atoms with Gasteiger partial charge in [-0.15, -0.1) is 12.4 Å². The molecule has 124 valence electrons. The van der Waals surface area contributed by atoms with Gasteiger partial charge in [0.05, 0.1) is 5.75 Å². The van der Waals surface area contributed by atoms with Gasteiger partial charge in [0.25, 0.3) is 0 Å². The molecule has 2 aliphatic rings. The minimum absolute atomic E-state index is 0. The zero-order valence-electron chi connectivity index (χ0n) is 12.8. The van der Waals surface area contributed by atoms with E-state index in [1.54, 1.807) is 0 Å². The van der Waals surface area contributed by atoms with Crippen LogP contribution in [0.5, 0.6) is 0 Å². The van der Waals surface area contributed by atoms with Gasteiger partial charge in [0.1, 0.15) is 9.84 Å². The number of amides is 1. The van der Waals surface area contributed by atoms with E-state index in [0.717, 1.165) is 32.1 Å². The second kappa shape index (κ2) is 7.29. The summed E-state index contributed by atoms with van der Waals surface area (Å²) < 4.78 is 22.9. The van der Waals surface area contributed by atoms with E-state index in [1.165, 1.54) is 6.26 Å². The van der Waals surface area contributed by atoms with Crippen molar-refractivity contribution in [2.75, 3.05) is 12.0 Å². The van der Waals surface area contributed by atoms with Crippen molar-refractivity contribution < 1.29 is 13.2 Å². The maximum absolute atomic E-state index is 12.5. The number of halogens is 1. The average molecular weight is 339 g/mol. The Balaban J connectivity index is 0.00000220. The topological polar surface area (TPSA) is 80.5 Å². The number of rotatable bonds is 6. The Labute approximate surface area is 134 Å². The van der Waals surface area contributed by atoms with E-state index in [9.17, 15) is 13.2 Å². The molecule has 2 saturated carbocycles. The van der Waals surface area contributed by atoms with Crippen LogP contribution in [0.1, 0.15) is 45.4 Å². The molecule has 2 N–H and O–H groups in total. The summed E-state index contributed by atoms with van der Waals surface area (Å²) in [5.41, 5.74) is 6.03. The number of nitrogens with two attached hydrogens (primary N) is 1. The lowest BCUT2D eigenvalue weighted by molar-refractivity contribution is -0.134. The van der Waals surface area contributed by atoms with Crippen LogP contribution in [0, 0.1) is 5.92 Å². The van der Waals surface area contributed by atoms with Crippen molar-refractivity contribution in [3.05, 3.63) is 0 Å². The fourth-order valence-electron chi connectivity index (χ4n) is 3.33. The normalized spacial score (nSPS) is 27.0. The summed E-state index contributed by atoms with van der Waals surface area (Å²) in [5, 5.41) is 0. The first-order chi connectivity index (χ1) is 9.28. The maximum atomic E-state index is 12.5. The summed E-state index contributed by atoms with van der Waals surface area (Å²) in [5.74, 6) is 0.409. The SMILES string of the molecule is CC(CS(C)(=O)=O)N(C(=O)C[C@@H]1CCC[C@H]1N)C1CC1.Cl. The Morgan fingerprint density at radius 3 is 2.33 bits per heavy atom. The standard InChI is InChI=1S/C14H26N2O3S.ClH/c1-10(9-20(2,18)19)16(12-6-7-12)14(17)8-11-4-3-5-13(11)15;/h10-13H,3-9,15H2,1-2H3;1H/t10?,11-,13+;/m0./s1. The van der Waals surface area contributed by atoms with Crippen LogP contribution in [0.2, 0.25) is 0 Å². The van der Waals surface area contributed by atoms with Crippen molar-refractivity contribution in [1.29, 1.82) is 0 Å². The third-order valence-corrected chi connectivity index (χ3v) is 5.49. The number of sulfone groups is 1. The molecule has 2 rings (SSSR count). The molecular weight excluding hydrogens is 312 g/mol. The number of carbonyl (C=O) groups is 1. The molecule has 0 saturated heterocycles. The Kier molecular flexibility index (Phi) is 6.50. The minimum Gasteiger partial charge on any atom is -0.336 e. The van der Waals surface area contributed by atoms with Crippen LogP contribution in [-0.4, -0.2) is 49.4 Å². The Bertz CT molecular complexity index is 465. The van der Waals surface area contributed by atoms with Crippen molar-refractivity contribution in [1.82, 2.24) is 4.90 Å². The number of nitrogens with zero attached hydrogens (tertiary/aromatic N) is 1. The van der Waals surface area contributed by atoms with E-state index in [0.29, 0.717) is 6.42 Å². The fourth-order valence-corrected chi connectivity index (χ4v) is 4.37. The largest absolute Gasteiger partial charge is 0.336 e. The first-order valence-corrected chi connectivity index (χ1v) is 9.58. The van der Waals surface area contributed by atoms with Crippen LogP contribution in [0.3, 0.4) is 0 Å². The third kappa shape index (κ3) is 5.42. The smallest absolute Gasteiger partial charge is 0.223 e. The van der Waals surface area contributed by atoms with E-state index in [2.05, 4.69) is 0 Å². The summed E-state index contributed by atoms with van der Waals surface area (Å²) in [7, 11) is -3.06. The maximum Gasteiger partial charge on any atom is 0.223 e. The first-order valence-electron chi connectivity index (χ1n) is 7.52. The van der Waals surface area contributed by atoms with Gasteiger partial charge in [0.15, 0.2) is 0 Å². The zero-order chi connectivity index (χ0) is 14.9. The fraction of sp³-hybridized carbons (Fsp3) is 0.929. The highest BCUT2D eigenvalue weighted by Gasteiger charge is 2.38. The van der Waals surface area contributed by atoms with Crippen molar-refractivity contribution in [2.45, 2.75) is 63.6 Å². The highest BCUT2D eigenvalue weighted by Crippen LogP contribution is 2.33. The summed E-state index contributed by atoms with van der Waals surface area (Å²) in [6.45, 7) is 1.84. The van der Waals surface area contributed by atoms with Crippen molar-refractivity contribution in [3.63, 3.8) is 0 Å². The van der Waals surface area contributed by atoms with E-state index in [1.807, 2.05) is 11.8 Å². The molecule has 1 unspecified atom stereocenters. The molecule has 2 fully saturated rings. The molecule has 7 heteroatoms. The summed E-state index contributed by atoms with van der Waals surface area (Å²) in [6.07, 6.45) is 6.82. The summed E-state index contributed by atoms with van der Waals surface area (Å²) >= 11 is 0. The Hall–Kier alpha value is -0.330. The number of hydrogen-bond donors (Lipinski definition) is 1. The quantitative estimate of drug-likeness (QED) is 0.792. The van der Waals surface area contributed by atoms with Crippen LogP contribution in [-0.2, 0) is 14.6 Å². The van der Waals surface area contributed by atoms with Crippen LogP contribution in [0.25, 0.3) is 0 Å². The lowest BCUT2D eigenvalue weighted by atomic mass is 9.99. The molecule has 0 aromatic carbocycles. The van der Waals surface area contributed by atoms with Crippen molar-refractivity contribution in [2.24, 2.45) is 11.7 Å². The van der Waals surface area contributed by atoms with E-state index >= 15 is 0 Å². The molecular formula is C14H27ClN2O3S. The highest BCUT2D eigenvalue weighted by molar-refractivity contribution is 7.90.